The molecule has 0 N–H and O–H groups in total. The number of ketones is 1. The van der Waals surface area contributed by atoms with Crippen molar-refractivity contribution < 1.29 is 14.4 Å². The van der Waals surface area contributed by atoms with E-state index in [1.54, 1.807) is 36.2 Å². The first-order chi connectivity index (χ1) is 11.5. The molecule has 2 fully saturated rings. The lowest BCUT2D eigenvalue weighted by molar-refractivity contribution is -0.135. The second kappa shape index (κ2) is 6.38. The number of rotatable bonds is 4. The lowest BCUT2D eigenvalue weighted by atomic mass is 9.75. The van der Waals surface area contributed by atoms with Crippen LogP contribution in [0.5, 0.6) is 0 Å². The van der Waals surface area contributed by atoms with Crippen LogP contribution in [0.2, 0.25) is 0 Å². The largest absolute Gasteiger partial charge is 0.327 e. The van der Waals surface area contributed by atoms with Crippen molar-refractivity contribution in [2.45, 2.75) is 44.6 Å². The smallest absolute Gasteiger partial charge is 0.313 e. The predicted octanol–water partition coefficient (Wildman–Crippen LogP) is 3.10. The van der Waals surface area contributed by atoms with Gasteiger partial charge in [-0.2, -0.15) is 0 Å². The van der Waals surface area contributed by atoms with Gasteiger partial charge in [0.2, 0.25) is 0 Å². The highest BCUT2D eigenvalue weighted by Gasteiger charge is 2.56. The molecule has 2 aliphatic rings. The number of urea groups is 1. The van der Waals surface area contributed by atoms with Crippen LogP contribution in [0.1, 0.15) is 49.4 Å². The van der Waals surface area contributed by atoms with Crippen LogP contribution in [0.25, 0.3) is 0 Å². The summed E-state index contributed by atoms with van der Waals surface area (Å²) in [5.41, 5.74) is -0.305. The molecule has 1 aliphatic heterocycles. The minimum absolute atomic E-state index is 0.171. The van der Waals surface area contributed by atoms with Crippen LogP contribution < -0.4 is 0 Å². The Balaban J connectivity index is 1.81. The highest BCUT2D eigenvalue weighted by atomic mass is 16.2. The third-order valence-electron chi connectivity index (χ3n) is 5.69. The molecule has 1 aromatic rings. The minimum Gasteiger partial charge on any atom is -0.313 e. The topological polar surface area (TPSA) is 57.7 Å². The molecule has 24 heavy (non-hydrogen) atoms. The quantitative estimate of drug-likeness (QED) is 0.630. The zero-order chi connectivity index (χ0) is 17.3. The van der Waals surface area contributed by atoms with Crippen molar-refractivity contribution in [2.24, 2.45) is 5.92 Å². The number of likely N-dealkylation sites (N-methyl/N-ethyl adjacent to an activating group) is 1. The highest BCUT2D eigenvalue weighted by molar-refractivity contribution is 6.11. The van der Waals surface area contributed by atoms with Crippen LogP contribution >= 0.6 is 0 Å². The zero-order valence-corrected chi connectivity index (χ0v) is 14.3. The van der Waals surface area contributed by atoms with Gasteiger partial charge in [-0.1, -0.05) is 49.6 Å². The summed E-state index contributed by atoms with van der Waals surface area (Å²) in [7, 11) is 1.68. The van der Waals surface area contributed by atoms with Crippen molar-refractivity contribution in [1.29, 1.82) is 0 Å². The number of amides is 3. The molecule has 0 radical (unpaired) electrons. The fourth-order valence-electron chi connectivity index (χ4n) is 3.99. The van der Waals surface area contributed by atoms with Crippen LogP contribution in [0.3, 0.4) is 0 Å². The normalized spacial score (nSPS) is 25.4. The summed E-state index contributed by atoms with van der Waals surface area (Å²) in [5, 5.41) is 0. The molecule has 0 aromatic heterocycles. The molecule has 1 saturated carbocycles. The molecule has 1 unspecified atom stereocenters. The number of benzene rings is 1. The van der Waals surface area contributed by atoms with Crippen molar-refractivity contribution in [1.82, 2.24) is 9.80 Å². The van der Waals surface area contributed by atoms with Crippen molar-refractivity contribution in [3.8, 4) is 0 Å². The van der Waals surface area contributed by atoms with E-state index in [9.17, 15) is 14.4 Å². The van der Waals surface area contributed by atoms with Gasteiger partial charge in [-0.15, -0.1) is 0 Å². The van der Waals surface area contributed by atoms with Gasteiger partial charge in [-0.05, 0) is 25.7 Å². The predicted molar refractivity (Wildman–Crippen MR) is 90.6 cm³/mol. The molecule has 3 rings (SSSR count). The number of imide groups is 1. The van der Waals surface area contributed by atoms with Crippen molar-refractivity contribution in [2.75, 3.05) is 13.6 Å². The Morgan fingerprint density at radius 1 is 1.12 bits per heavy atom. The third-order valence-corrected chi connectivity index (χ3v) is 5.69. The Labute approximate surface area is 142 Å². The molecule has 1 aromatic carbocycles. The van der Waals surface area contributed by atoms with Crippen LogP contribution in [0.4, 0.5) is 4.79 Å². The molecule has 0 bridgehead atoms. The summed E-state index contributed by atoms with van der Waals surface area (Å²) in [6.07, 6.45) is 5.30. The molecule has 3 amide bonds. The van der Waals surface area contributed by atoms with Gasteiger partial charge < -0.3 is 4.90 Å². The van der Waals surface area contributed by atoms with Gasteiger partial charge in [0.25, 0.3) is 5.91 Å². The summed E-state index contributed by atoms with van der Waals surface area (Å²) in [5.74, 6) is -0.269. The fourth-order valence-corrected chi connectivity index (χ4v) is 3.99. The van der Waals surface area contributed by atoms with E-state index in [-0.39, 0.29) is 30.2 Å². The van der Waals surface area contributed by atoms with E-state index < -0.39 is 5.54 Å². The molecule has 1 atom stereocenters. The zero-order valence-electron chi connectivity index (χ0n) is 14.3. The average molecular weight is 328 g/mol. The Hall–Kier alpha value is -2.17. The first-order valence-corrected chi connectivity index (χ1v) is 8.64. The van der Waals surface area contributed by atoms with E-state index in [2.05, 4.69) is 0 Å². The summed E-state index contributed by atoms with van der Waals surface area (Å²) in [6, 6.07) is 8.43. The lowest BCUT2D eigenvalue weighted by Gasteiger charge is -2.38. The fraction of sp³-hybridized carbons (Fsp3) is 0.526. The number of hydrogen-bond acceptors (Lipinski definition) is 3. The van der Waals surface area contributed by atoms with Crippen LogP contribution in [0.15, 0.2) is 30.3 Å². The molecule has 5 heteroatoms. The van der Waals surface area contributed by atoms with Gasteiger partial charge in [0.15, 0.2) is 5.78 Å². The van der Waals surface area contributed by atoms with Gasteiger partial charge in [0.1, 0.15) is 5.54 Å². The minimum atomic E-state index is -0.825. The summed E-state index contributed by atoms with van der Waals surface area (Å²) in [6.45, 7) is 1.67. The number of Topliss-reactive ketones (excluding diaryl/α,β-unsaturated/α-hetero) is 1. The van der Waals surface area contributed by atoms with Crippen LogP contribution in [-0.4, -0.2) is 46.7 Å². The first-order valence-electron chi connectivity index (χ1n) is 8.64. The SMILES string of the molecule is CN1C(=O)N(CC(=O)c2ccccc2)C(=O)C1(C)C1CCCCC1. The maximum Gasteiger partial charge on any atom is 0.327 e. The van der Waals surface area contributed by atoms with Crippen molar-refractivity contribution in [3.63, 3.8) is 0 Å². The number of nitrogens with zero attached hydrogens (tertiary/aromatic N) is 2. The third kappa shape index (κ3) is 2.62. The summed E-state index contributed by atoms with van der Waals surface area (Å²) in [4.78, 5) is 40.7. The van der Waals surface area contributed by atoms with E-state index in [1.165, 1.54) is 6.42 Å². The van der Waals surface area contributed by atoms with Crippen molar-refractivity contribution in [3.05, 3.63) is 35.9 Å². The monoisotopic (exact) mass is 328 g/mol. The van der Waals surface area contributed by atoms with E-state index in [4.69, 9.17) is 0 Å². The first kappa shape index (κ1) is 16.7. The molecule has 1 aliphatic carbocycles. The molecule has 0 spiro atoms. The molecular formula is C19H24N2O3. The Kier molecular flexibility index (Phi) is 4.43. The van der Waals surface area contributed by atoms with Gasteiger partial charge in [-0.3, -0.25) is 14.5 Å². The second-order valence-corrected chi connectivity index (χ2v) is 7.00. The number of carbonyl (C=O) groups is 3. The Bertz CT molecular complexity index is 652. The van der Waals surface area contributed by atoms with E-state index in [0.717, 1.165) is 30.6 Å². The van der Waals surface area contributed by atoms with Crippen LogP contribution in [0, 0.1) is 5.92 Å². The summed E-state index contributed by atoms with van der Waals surface area (Å²) >= 11 is 0. The van der Waals surface area contributed by atoms with E-state index >= 15 is 0 Å². The van der Waals surface area contributed by atoms with E-state index in [1.807, 2.05) is 13.0 Å². The maximum atomic E-state index is 13.0. The molecule has 5 nitrogen and oxygen atoms in total. The molecule has 1 saturated heterocycles. The standard InChI is InChI=1S/C19H24N2O3/c1-19(15-11-7-4-8-12-15)17(23)21(18(24)20(19)2)13-16(22)14-9-5-3-6-10-14/h3,5-6,9-10,15H,4,7-8,11-13H2,1-2H3. The van der Waals surface area contributed by atoms with Gasteiger partial charge in [0.05, 0.1) is 6.54 Å². The Morgan fingerprint density at radius 2 is 1.75 bits per heavy atom. The number of hydrogen-bond donors (Lipinski definition) is 0. The lowest BCUT2D eigenvalue weighted by Crippen LogP contribution is -2.52. The molecular weight excluding hydrogens is 304 g/mol. The van der Waals surface area contributed by atoms with Gasteiger partial charge in [0, 0.05) is 12.6 Å². The van der Waals surface area contributed by atoms with E-state index in [0.29, 0.717) is 5.56 Å². The summed E-state index contributed by atoms with van der Waals surface area (Å²) < 4.78 is 0. The van der Waals surface area contributed by atoms with Crippen LogP contribution in [-0.2, 0) is 4.79 Å². The highest BCUT2D eigenvalue weighted by Crippen LogP contribution is 2.40. The number of carbonyl (C=O) groups excluding carboxylic acids is 3. The Morgan fingerprint density at radius 3 is 2.38 bits per heavy atom. The van der Waals surface area contributed by atoms with Crippen molar-refractivity contribution >= 4 is 17.7 Å². The van der Waals surface area contributed by atoms with Gasteiger partial charge >= 0.3 is 6.03 Å². The van der Waals surface area contributed by atoms with Gasteiger partial charge in [-0.25, -0.2) is 4.79 Å². The average Bonchev–Trinajstić information content (AvgIpc) is 2.79. The molecule has 1 heterocycles. The maximum absolute atomic E-state index is 13.0. The molecule has 128 valence electrons. The second-order valence-electron chi connectivity index (χ2n) is 7.00.